The summed E-state index contributed by atoms with van der Waals surface area (Å²) in [5.74, 6) is 0. The smallest absolute Gasteiger partial charge is 0.0701 e. The fraction of sp³-hybridized carbons (Fsp3) is 0.0833. The average molecular weight is 336 g/mol. The van der Waals surface area contributed by atoms with E-state index in [1.165, 1.54) is 11.1 Å². The van der Waals surface area contributed by atoms with E-state index in [1.807, 2.05) is 48.8 Å². The van der Waals surface area contributed by atoms with E-state index >= 15 is 0 Å². The molecule has 0 saturated carbocycles. The quantitative estimate of drug-likeness (QED) is 0.474. The molecule has 0 bridgehead atoms. The highest BCUT2D eigenvalue weighted by atomic mass is 14.7. The van der Waals surface area contributed by atoms with Crippen LogP contribution in [0.25, 0.3) is 22.5 Å². The van der Waals surface area contributed by atoms with Crippen LogP contribution in [-0.4, -0.2) is 9.97 Å². The van der Waals surface area contributed by atoms with E-state index in [1.54, 1.807) is 0 Å². The third kappa shape index (κ3) is 3.86. The molecule has 0 radical (unpaired) electrons. The lowest BCUT2D eigenvalue weighted by atomic mass is 10.0. The molecular formula is C24H20N2. The molecule has 0 amide bonds. The SMILES string of the molecule is c1ccc(-c2ccc(CCc3ccc(-c4ccccn4)cc3)cc2)nc1. The van der Waals surface area contributed by atoms with Crippen molar-refractivity contribution in [1.82, 2.24) is 9.97 Å². The summed E-state index contributed by atoms with van der Waals surface area (Å²) in [6.07, 6.45) is 5.73. The normalized spacial score (nSPS) is 10.6. The van der Waals surface area contributed by atoms with Crippen molar-refractivity contribution < 1.29 is 0 Å². The van der Waals surface area contributed by atoms with Gasteiger partial charge in [0, 0.05) is 23.5 Å². The standard InChI is InChI=1S/C24H20N2/c1-3-17-25-23(5-1)21-13-9-19(10-14-21)7-8-20-11-15-22(16-12-20)24-6-2-4-18-26-24/h1-6,9-18H,7-8H2. The number of aromatic nitrogens is 2. The van der Waals surface area contributed by atoms with Crippen molar-refractivity contribution in [3.8, 4) is 22.5 Å². The molecule has 2 nitrogen and oxygen atoms in total. The molecule has 4 rings (SSSR count). The van der Waals surface area contributed by atoms with E-state index in [2.05, 4.69) is 58.5 Å². The van der Waals surface area contributed by atoms with Crippen molar-refractivity contribution in [2.45, 2.75) is 12.8 Å². The zero-order chi connectivity index (χ0) is 17.6. The van der Waals surface area contributed by atoms with Gasteiger partial charge in [-0.25, -0.2) is 0 Å². The molecule has 0 saturated heterocycles. The maximum atomic E-state index is 4.40. The Kier molecular flexibility index (Phi) is 4.83. The third-order valence-electron chi connectivity index (χ3n) is 4.53. The van der Waals surface area contributed by atoms with E-state index in [0.29, 0.717) is 0 Å². The van der Waals surface area contributed by atoms with E-state index < -0.39 is 0 Å². The predicted octanol–water partition coefficient (Wildman–Crippen LogP) is 5.60. The lowest BCUT2D eigenvalue weighted by molar-refractivity contribution is 0.960. The molecule has 0 N–H and O–H groups in total. The Balaban J connectivity index is 1.40. The van der Waals surface area contributed by atoms with Gasteiger partial charge < -0.3 is 0 Å². The zero-order valence-electron chi connectivity index (χ0n) is 14.5. The summed E-state index contributed by atoms with van der Waals surface area (Å²) in [5, 5.41) is 0. The van der Waals surface area contributed by atoms with Gasteiger partial charge >= 0.3 is 0 Å². The van der Waals surface area contributed by atoms with Crippen LogP contribution >= 0.6 is 0 Å². The van der Waals surface area contributed by atoms with Crippen LogP contribution in [0, 0.1) is 0 Å². The van der Waals surface area contributed by atoms with Crippen LogP contribution < -0.4 is 0 Å². The maximum absolute atomic E-state index is 4.40. The van der Waals surface area contributed by atoms with Gasteiger partial charge in [0.1, 0.15) is 0 Å². The molecule has 4 aromatic rings. The van der Waals surface area contributed by atoms with Crippen LogP contribution in [-0.2, 0) is 12.8 Å². The van der Waals surface area contributed by atoms with Crippen molar-refractivity contribution in [2.75, 3.05) is 0 Å². The second-order valence-electron chi connectivity index (χ2n) is 6.32. The Hall–Kier alpha value is -3.26. The summed E-state index contributed by atoms with van der Waals surface area (Å²) >= 11 is 0. The van der Waals surface area contributed by atoms with E-state index in [9.17, 15) is 0 Å². The van der Waals surface area contributed by atoms with Gasteiger partial charge in [0.15, 0.2) is 0 Å². The van der Waals surface area contributed by atoms with Crippen molar-refractivity contribution in [1.29, 1.82) is 0 Å². The van der Waals surface area contributed by atoms with Crippen LogP contribution in [0.4, 0.5) is 0 Å². The highest BCUT2D eigenvalue weighted by Gasteiger charge is 2.01. The summed E-state index contributed by atoms with van der Waals surface area (Å²) in [5.41, 5.74) is 7.05. The molecule has 26 heavy (non-hydrogen) atoms. The minimum absolute atomic E-state index is 1.02. The molecule has 0 fully saturated rings. The number of hydrogen-bond acceptors (Lipinski definition) is 2. The molecule has 0 unspecified atom stereocenters. The van der Waals surface area contributed by atoms with Gasteiger partial charge in [0.05, 0.1) is 11.4 Å². The highest BCUT2D eigenvalue weighted by molar-refractivity contribution is 5.60. The topological polar surface area (TPSA) is 25.8 Å². The minimum atomic E-state index is 1.02. The molecule has 2 heteroatoms. The first-order valence-corrected chi connectivity index (χ1v) is 8.89. The highest BCUT2D eigenvalue weighted by Crippen LogP contribution is 2.19. The predicted molar refractivity (Wildman–Crippen MR) is 107 cm³/mol. The van der Waals surface area contributed by atoms with Crippen molar-refractivity contribution >= 4 is 0 Å². The van der Waals surface area contributed by atoms with Crippen LogP contribution in [0.15, 0.2) is 97.3 Å². The minimum Gasteiger partial charge on any atom is -0.256 e. The second-order valence-corrected chi connectivity index (χ2v) is 6.32. The summed E-state index contributed by atoms with van der Waals surface area (Å²) in [7, 11) is 0. The summed E-state index contributed by atoms with van der Waals surface area (Å²) in [6.45, 7) is 0. The van der Waals surface area contributed by atoms with Gasteiger partial charge in [-0.05, 0) is 48.2 Å². The molecule has 2 aromatic heterocycles. The Morgan fingerprint density at radius 3 is 1.23 bits per heavy atom. The molecule has 0 aliphatic heterocycles. The second kappa shape index (κ2) is 7.75. The number of pyridine rings is 2. The van der Waals surface area contributed by atoms with Gasteiger partial charge in [-0.3, -0.25) is 9.97 Å². The Morgan fingerprint density at radius 2 is 0.885 bits per heavy atom. The molecule has 0 atom stereocenters. The monoisotopic (exact) mass is 336 g/mol. The van der Waals surface area contributed by atoms with Crippen LogP contribution in [0.2, 0.25) is 0 Å². The number of rotatable bonds is 5. The van der Waals surface area contributed by atoms with Crippen LogP contribution in [0.5, 0.6) is 0 Å². The van der Waals surface area contributed by atoms with Gasteiger partial charge in [-0.2, -0.15) is 0 Å². The first-order chi connectivity index (χ1) is 12.9. The van der Waals surface area contributed by atoms with E-state index in [4.69, 9.17) is 0 Å². The third-order valence-corrected chi connectivity index (χ3v) is 4.53. The summed E-state index contributed by atoms with van der Waals surface area (Å²) in [4.78, 5) is 8.80. The summed E-state index contributed by atoms with van der Waals surface area (Å²) in [6, 6.07) is 29.4. The molecule has 0 aliphatic rings. The van der Waals surface area contributed by atoms with Gasteiger partial charge in [0.25, 0.3) is 0 Å². The summed E-state index contributed by atoms with van der Waals surface area (Å²) < 4.78 is 0. The fourth-order valence-electron chi connectivity index (χ4n) is 3.04. The molecule has 0 spiro atoms. The number of benzene rings is 2. The average Bonchev–Trinajstić information content (AvgIpc) is 2.74. The van der Waals surface area contributed by atoms with E-state index in [-0.39, 0.29) is 0 Å². The van der Waals surface area contributed by atoms with Gasteiger partial charge in [0.2, 0.25) is 0 Å². The number of aryl methyl sites for hydroxylation is 2. The molecule has 2 aromatic carbocycles. The first kappa shape index (κ1) is 16.2. The first-order valence-electron chi connectivity index (χ1n) is 8.89. The maximum Gasteiger partial charge on any atom is 0.0701 e. The van der Waals surface area contributed by atoms with Crippen molar-refractivity contribution in [2.24, 2.45) is 0 Å². The Bertz CT molecular complexity index is 861. The number of hydrogen-bond donors (Lipinski definition) is 0. The Labute approximate surface area is 154 Å². The number of nitrogens with zero attached hydrogens (tertiary/aromatic N) is 2. The lowest BCUT2D eigenvalue weighted by Crippen LogP contribution is -1.92. The van der Waals surface area contributed by atoms with E-state index in [0.717, 1.165) is 35.4 Å². The largest absolute Gasteiger partial charge is 0.256 e. The van der Waals surface area contributed by atoms with Crippen LogP contribution in [0.3, 0.4) is 0 Å². The molecule has 126 valence electrons. The zero-order valence-corrected chi connectivity index (χ0v) is 14.5. The Morgan fingerprint density at radius 1 is 0.462 bits per heavy atom. The lowest BCUT2D eigenvalue weighted by Gasteiger charge is -2.06. The molecular weight excluding hydrogens is 316 g/mol. The fourth-order valence-corrected chi connectivity index (χ4v) is 3.04. The van der Waals surface area contributed by atoms with Crippen molar-refractivity contribution in [3.05, 3.63) is 108 Å². The molecule has 2 heterocycles. The molecule has 0 aliphatic carbocycles. The van der Waals surface area contributed by atoms with Crippen LogP contribution in [0.1, 0.15) is 11.1 Å². The van der Waals surface area contributed by atoms with Gasteiger partial charge in [-0.1, -0.05) is 60.7 Å². The van der Waals surface area contributed by atoms with Gasteiger partial charge in [-0.15, -0.1) is 0 Å². The van der Waals surface area contributed by atoms with Crippen molar-refractivity contribution in [3.63, 3.8) is 0 Å².